The van der Waals surface area contributed by atoms with Gasteiger partial charge in [0.1, 0.15) is 5.54 Å². The van der Waals surface area contributed by atoms with Gasteiger partial charge < -0.3 is 19.9 Å². The second kappa shape index (κ2) is 7.96. The van der Waals surface area contributed by atoms with Gasteiger partial charge in [0.05, 0.1) is 7.11 Å². The van der Waals surface area contributed by atoms with Gasteiger partial charge in [0.15, 0.2) is 0 Å². The number of ether oxygens (including phenoxy) is 1. The van der Waals surface area contributed by atoms with Gasteiger partial charge in [-0.15, -0.1) is 0 Å². The number of esters is 1. The molecule has 1 fully saturated rings. The van der Waals surface area contributed by atoms with Crippen LogP contribution >= 0.6 is 0 Å². The number of hydrogen-bond acceptors (Lipinski definition) is 5. The lowest BCUT2D eigenvalue weighted by Gasteiger charge is -2.37. The molecular formula is C15H31N3O2. The normalized spacial score (nSPS) is 20.9. The van der Waals surface area contributed by atoms with Crippen molar-refractivity contribution >= 4 is 5.97 Å². The summed E-state index contributed by atoms with van der Waals surface area (Å²) in [5.74, 6) is -0.186. The Kier molecular flexibility index (Phi) is 6.92. The highest BCUT2D eigenvalue weighted by Crippen LogP contribution is 2.18. The molecule has 1 unspecified atom stereocenters. The first-order chi connectivity index (χ1) is 9.46. The molecule has 1 aliphatic rings. The van der Waals surface area contributed by atoms with Gasteiger partial charge in [0.25, 0.3) is 0 Å². The molecule has 0 radical (unpaired) electrons. The van der Waals surface area contributed by atoms with Crippen molar-refractivity contribution in [3.63, 3.8) is 0 Å². The predicted octanol–water partition coefficient (Wildman–Crippen LogP) is 0.944. The van der Waals surface area contributed by atoms with Crippen molar-refractivity contribution in [2.24, 2.45) is 0 Å². The van der Waals surface area contributed by atoms with E-state index in [1.807, 2.05) is 14.0 Å². The van der Waals surface area contributed by atoms with Gasteiger partial charge in [-0.2, -0.15) is 0 Å². The summed E-state index contributed by atoms with van der Waals surface area (Å²) in [7, 11) is 5.43. The number of likely N-dealkylation sites (tertiary alicyclic amines) is 1. The van der Waals surface area contributed by atoms with E-state index < -0.39 is 5.54 Å². The molecule has 5 heteroatoms. The fourth-order valence-electron chi connectivity index (χ4n) is 2.81. The average molecular weight is 285 g/mol. The maximum Gasteiger partial charge on any atom is 0.325 e. The summed E-state index contributed by atoms with van der Waals surface area (Å²) in [6, 6.07) is 0.636. The van der Waals surface area contributed by atoms with Crippen LogP contribution in [-0.2, 0) is 9.53 Å². The molecule has 0 aromatic rings. The van der Waals surface area contributed by atoms with E-state index in [1.165, 1.54) is 33.0 Å². The van der Waals surface area contributed by atoms with Crippen molar-refractivity contribution < 1.29 is 9.53 Å². The molecule has 0 saturated carbocycles. The average Bonchev–Trinajstić information content (AvgIpc) is 2.51. The summed E-state index contributed by atoms with van der Waals surface area (Å²) < 4.78 is 4.89. The minimum Gasteiger partial charge on any atom is -0.468 e. The molecule has 1 rings (SSSR count). The first kappa shape index (κ1) is 17.4. The number of carbonyl (C=O) groups is 1. The molecule has 0 aromatic carbocycles. The van der Waals surface area contributed by atoms with E-state index >= 15 is 0 Å². The number of piperidine rings is 1. The lowest BCUT2D eigenvalue weighted by atomic mass is 9.96. The Labute approximate surface area is 123 Å². The van der Waals surface area contributed by atoms with E-state index in [2.05, 4.69) is 29.1 Å². The molecule has 1 saturated heterocycles. The molecule has 0 aliphatic carbocycles. The quantitative estimate of drug-likeness (QED) is 0.706. The highest BCUT2D eigenvalue weighted by molar-refractivity contribution is 5.80. The third kappa shape index (κ3) is 4.43. The summed E-state index contributed by atoms with van der Waals surface area (Å²) in [6.45, 7) is 8.56. The summed E-state index contributed by atoms with van der Waals surface area (Å²) in [4.78, 5) is 16.7. The third-order valence-electron chi connectivity index (χ3n) is 4.78. The number of rotatable bonds is 7. The molecule has 1 atom stereocenters. The minimum absolute atomic E-state index is 0.186. The van der Waals surface area contributed by atoms with Crippen LogP contribution in [0.3, 0.4) is 0 Å². The van der Waals surface area contributed by atoms with E-state index in [-0.39, 0.29) is 5.97 Å². The van der Waals surface area contributed by atoms with Crippen molar-refractivity contribution in [1.29, 1.82) is 0 Å². The summed E-state index contributed by atoms with van der Waals surface area (Å²) >= 11 is 0. The topological polar surface area (TPSA) is 44.8 Å². The Morgan fingerprint density at radius 2 is 2.05 bits per heavy atom. The molecule has 1 N–H and O–H groups in total. The van der Waals surface area contributed by atoms with Crippen LogP contribution in [0.2, 0.25) is 0 Å². The highest BCUT2D eigenvalue weighted by atomic mass is 16.5. The van der Waals surface area contributed by atoms with Crippen LogP contribution in [0.5, 0.6) is 0 Å². The van der Waals surface area contributed by atoms with Crippen molar-refractivity contribution in [3.8, 4) is 0 Å². The second-order valence-corrected chi connectivity index (χ2v) is 5.97. The van der Waals surface area contributed by atoms with Crippen LogP contribution in [0.25, 0.3) is 0 Å². The fourth-order valence-corrected chi connectivity index (χ4v) is 2.81. The lowest BCUT2D eigenvalue weighted by Crippen LogP contribution is -2.51. The molecule has 5 nitrogen and oxygen atoms in total. The lowest BCUT2D eigenvalue weighted by molar-refractivity contribution is -0.148. The molecule has 118 valence electrons. The van der Waals surface area contributed by atoms with Crippen molar-refractivity contribution in [3.05, 3.63) is 0 Å². The molecule has 0 spiro atoms. The van der Waals surface area contributed by atoms with Gasteiger partial charge in [0.2, 0.25) is 0 Å². The van der Waals surface area contributed by atoms with Crippen molar-refractivity contribution in [2.75, 3.05) is 47.4 Å². The Hall–Kier alpha value is -0.650. The van der Waals surface area contributed by atoms with Gasteiger partial charge in [-0.25, -0.2) is 0 Å². The smallest absolute Gasteiger partial charge is 0.325 e. The van der Waals surface area contributed by atoms with Crippen LogP contribution in [0.4, 0.5) is 0 Å². The van der Waals surface area contributed by atoms with Gasteiger partial charge in [-0.05, 0) is 59.9 Å². The van der Waals surface area contributed by atoms with Crippen molar-refractivity contribution in [1.82, 2.24) is 15.1 Å². The second-order valence-electron chi connectivity index (χ2n) is 5.97. The van der Waals surface area contributed by atoms with E-state index in [1.54, 1.807) is 0 Å². The van der Waals surface area contributed by atoms with E-state index in [4.69, 9.17) is 4.74 Å². The monoisotopic (exact) mass is 285 g/mol. The van der Waals surface area contributed by atoms with E-state index in [0.29, 0.717) is 6.04 Å². The fraction of sp³-hybridized carbons (Fsp3) is 0.933. The minimum atomic E-state index is -0.590. The Bertz CT molecular complexity index is 303. The largest absolute Gasteiger partial charge is 0.468 e. The zero-order chi connectivity index (χ0) is 15.2. The third-order valence-corrected chi connectivity index (χ3v) is 4.78. The van der Waals surface area contributed by atoms with Crippen LogP contribution in [0.1, 0.15) is 33.1 Å². The van der Waals surface area contributed by atoms with Gasteiger partial charge >= 0.3 is 5.97 Å². The Morgan fingerprint density at radius 1 is 1.45 bits per heavy atom. The molecule has 1 aliphatic heterocycles. The number of methoxy groups -OCH3 is 1. The molecule has 0 bridgehead atoms. The molecule has 0 aromatic heterocycles. The van der Waals surface area contributed by atoms with Crippen molar-refractivity contribution in [2.45, 2.75) is 44.7 Å². The molecule has 0 amide bonds. The first-order valence-corrected chi connectivity index (χ1v) is 7.66. The number of likely N-dealkylation sites (N-methyl/N-ethyl adjacent to an activating group) is 1. The maximum absolute atomic E-state index is 11.8. The number of nitrogens with one attached hydrogen (secondary N) is 1. The highest BCUT2D eigenvalue weighted by Gasteiger charge is 2.33. The van der Waals surface area contributed by atoms with E-state index in [0.717, 1.165) is 19.5 Å². The summed E-state index contributed by atoms with van der Waals surface area (Å²) in [5.41, 5.74) is -0.590. The van der Waals surface area contributed by atoms with Crippen LogP contribution in [0, 0.1) is 0 Å². The van der Waals surface area contributed by atoms with Crippen LogP contribution in [-0.4, -0.2) is 74.7 Å². The number of nitrogens with zero attached hydrogens (tertiary/aromatic N) is 2. The Morgan fingerprint density at radius 3 is 2.50 bits per heavy atom. The Balaban J connectivity index is 2.42. The zero-order valence-electron chi connectivity index (χ0n) is 13.7. The number of hydrogen-bond donors (Lipinski definition) is 1. The number of carbonyl (C=O) groups excluding carboxylic acids is 1. The standard InChI is InChI=1S/C15H31N3O2/c1-6-18-10-7-13(8-11-18)17(4)12-9-15(2,16-3)14(19)20-5/h13,16H,6-12H2,1-5H3. The summed E-state index contributed by atoms with van der Waals surface area (Å²) in [5, 5.41) is 3.09. The predicted molar refractivity (Wildman–Crippen MR) is 81.9 cm³/mol. The SMILES string of the molecule is CCN1CCC(N(C)CCC(C)(NC)C(=O)OC)CC1. The molecular weight excluding hydrogens is 254 g/mol. The molecule has 20 heavy (non-hydrogen) atoms. The molecule has 1 heterocycles. The maximum atomic E-state index is 11.8. The first-order valence-electron chi connectivity index (χ1n) is 7.66. The summed E-state index contributed by atoms with van der Waals surface area (Å²) in [6.07, 6.45) is 3.21. The van der Waals surface area contributed by atoms with Crippen LogP contribution < -0.4 is 5.32 Å². The van der Waals surface area contributed by atoms with E-state index in [9.17, 15) is 4.79 Å². The van der Waals surface area contributed by atoms with Crippen LogP contribution in [0.15, 0.2) is 0 Å². The zero-order valence-corrected chi connectivity index (χ0v) is 13.7. The van der Waals surface area contributed by atoms with Gasteiger partial charge in [-0.3, -0.25) is 4.79 Å². The van der Waals surface area contributed by atoms with Gasteiger partial charge in [0, 0.05) is 12.6 Å². The van der Waals surface area contributed by atoms with Gasteiger partial charge in [-0.1, -0.05) is 6.92 Å².